The van der Waals surface area contributed by atoms with Crippen LogP contribution in [0.3, 0.4) is 0 Å². The first-order valence-electron chi connectivity index (χ1n) is 14.5. The number of hydrogen-bond donors (Lipinski definition) is 0. The van der Waals surface area contributed by atoms with Gasteiger partial charge in [-0.1, -0.05) is 52.4 Å². The van der Waals surface area contributed by atoms with E-state index in [-0.39, 0.29) is 22.6 Å². The maximum atomic E-state index is 12.6. The molecule has 0 aromatic heterocycles. The summed E-state index contributed by atoms with van der Waals surface area (Å²) in [5.41, 5.74) is 1.22. The Kier molecular flexibility index (Phi) is 13.3. The molecule has 0 saturated heterocycles. The SMILES string of the molecule is CCCCCCOC(=O)c1ccc(OC(=O)c2ccc(C(=O)Oc3ccc(C(=O)OCCCCCC)cc3)cc2)cc1. The summed E-state index contributed by atoms with van der Waals surface area (Å²) in [4.78, 5) is 49.4. The van der Waals surface area contributed by atoms with E-state index in [0.29, 0.717) is 24.3 Å². The van der Waals surface area contributed by atoms with Gasteiger partial charge in [0.05, 0.1) is 35.5 Å². The van der Waals surface area contributed by atoms with Gasteiger partial charge in [0.1, 0.15) is 11.5 Å². The molecule has 0 aliphatic rings. The molecule has 3 aromatic rings. The molecule has 0 heterocycles. The molecular formula is C34H38O8. The summed E-state index contributed by atoms with van der Waals surface area (Å²) in [5.74, 6) is -1.53. The molecule has 222 valence electrons. The molecule has 42 heavy (non-hydrogen) atoms. The van der Waals surface area contributed by atoms with Crippen LogP contribution in [0.2, 0.25) is 0 Å². The van der Waals surface area contributed by atoms with Crippen LogP contribution in [-0.2, 0) is 9.47 Å². The summed E-state index contributed by atoms with van der Waals surface area (Å²) in [5, 5.41) is 0. The second-order valence-electron chi connectivity index (χ2n) is 9.80. The van der Waals surface area contributed by atoms with Gasteiger partial charge in [0.25, 0.3) is 0 Å². The van der Waals surface area contributed by atoms with Crippen molar-refractivity contribution < 1.29 is 38.1 Å². The van der Waals surface area contributed by atoms with Crippen LogP contribution in [0.25, 0.3) is 0 Å². The quantitative estimate of drug-likeness (QED) is 0.0978. The molecule has 3 aromatic carbocycles. The van der Waals surface area contributed by atoms with Crippen molar-refractivity contribution in [2.24, 2.45) is 0 Å². The van der Waals surface area contributed by atoms with Crippen molar-refractivity contribution in [1.82, 2.24) is 0 Å². The van der Waals surface area contributed by atoms with Gasteiger partial charge in [0.2, 0.25) is 0 Å². The summed E-state index contributed by atoms with van der Waals surface area (Å²) in [7, 11) is 0. The topological polar surface area (TPSA) is 105 Å². The van der Waals surface area contributed by atoms with Crippen molar-refractivity contribution in [1.29, 1.82) is 0 Å². The molecule has 0 radical (unpaired) electrons. The van der Waals surface area contributed by atoms with E-state index in [4.69, 9.17) is 18.9 Å². The fourth-order valence-corrected chi connectivity index (χ4v) is 3.95. The van der Waals surface area contributed by atoms with E-state index in [1.165, 1.54) is 48.5 Å². The molecule has 0 bridgehead atoms. The van der Waals surface area contributed by atoms with E-state index in [1.807, 2.05) is 0 Å². The van der Waals surface area contributed by atoms with Gasteiger partial charge in [-0.2, -0.15) is 0 Å². The van der Waals surface area contributed by atoms with E-state index in [1.54, 1.807) is 24.3 Å². The molecular weight excluding hydrogens is 536 g/mol. The van der Waals surface area contributed by atoms with Crippen LogP contribution < -0.4 is 9.47 Å². The van der Waals surface area contributed by atoms with Crippen LogP contribution in [0.4, 0.5) is 0 Å². The Balaban J connectivity index is 1.46. The van der Waals surface area contributed by atoms with Crippen LogP contribution in [0.1, 0.15) is 107 Å². The van der Waals surface area contributed by atoms with Gasteiger partial charge in [-0.3, -0.25) is 0 Å². The molecule has 8 nitrogen and oxygen atoms in total. The van der Waals surface area contributed by atoms with Gasteiger partial charge in [-0.15, -0.1) is 0 Å². The minimum absolute atomic E-state index is 0.236. The summed E-state index contributed by atoms with van der Waals surface area (Å²) in [6, 6.07) is 18.1. The second kappa shape index (κ2) is 17.4. The largest absolute Gasteiger partial charge is 0.462 e. The first kappa shape index (κ1) is 32.1. The van der Waals surface area contributed by atoms with Crippen molar-refractivity contribution in [3.05, 3.63) is 95.1 Å². The van der Waals surface area contributed by atoms with Crippen molar-refractivity contribution in [3.63, 3.8) is 0 Å². The Hall–Kier alpha value is -4.46. The van der Waals surface area contributed by atoms with Gasteiger partial charge in [0.15, 0.2) is 0 Å². The minimum Gasteiger partial charge on any atom is -0.462 e. The highest BCUT2D eigenvalue weighted by Gasteiger charge is 2.14. The second-order valence-corrected chi connectivity index (χ2v) is 9.80. The fraction of sp³-hybridized carbons (Fsp3) is 0.353. The molecule has 0 spiro atoms. The highest BCUT2D eigenvalue weighted by molar-refractivity contribution is 5.95. The van der Waals surface area contributed by atoms with Gasteiger partial charge >= 0.3 is 23.9 Å². The molecule has 0 unspecified atom stereocenters. The van der Waals surface area contributed by atoms with Crippen molar-refractivity contribution in [3.8, 4) is 11.5 Å². The Morgan fingerprint density at radius 1 is 0.429 bits per heavy atom. The van der Waals surface area contributed by atoms with Crippen LogP contribution in [0, 0.1) is 0 Å². The number of rotatable bonds is 16. The monoisotopic (exact) mass is 574 g/mol. The van der Waals surface area contributed by atoms with Gasteiger partial charge in [0, 0.05) is 0 Å². The van der Waals surface area contributed by atoms with Crippen LogP contribution >= 0.6 is 0 Å². The summed E-state index contributed by atoms with van der Waals surface area (Å²) >= 11 is 0. The van der Waals surface area contributed by atoms with Crippen LogP contribution in [0.5, 0.6) is 11.5 Å². The van der Waals surface area contributed by atoms with Crippen molar-refractivity contribution >= 4 is 23.9 Å². The highest BCUT2D eigenvalue weighted by Crippen LogP contribution is 2.18. The summed E-state index contributed by atoms with van der Waals surface area (Å²) < 4.78 is 21.3. The number of hydrogen-bond acceptors (Lipinski definition) is 8. The van der Waals surface area contributed by atoms with Crippen LogP contribution in [0.15, 0.2) is 72.8 Å². The smallest absolute Gasteiger partial charge is 0.343 e. The number of esters is 4. The Bertz CT molecular complexity index is 1190. The maximum Gasteiger partial charge on any atom is 0.343 e. The Morgan fingerprint density at radius 2 is 0.738 bits per heavy atom. The first-order chi connectivity index (χ1) is 20.4. The predicted octanol–water partition coefficient (Wildman–Crippen LogP) is 7.60. The number of carbonyl (C=O) groups is 4. The minimum atomic E-state index is -0.617. The third kappa shape index (κ3) is 10.5. The van der Waals surface area contributed by atoms with Gasteiger partial charge in [-0.25, -0.2) is 19.2 Å². The zero-order chi connectivity index (χ0) is 30.2. The number of unbranched alkanes of at least 4 members (excludes halogenated alkanes) is 6. The molecule has 0 atom stereocenters. The third-order valence-corrected chi connectivity index (χ3v) is 6.42. The zero-order valence-electron chi connectivity index (χ0n) is 24.3. The van der Waals surface area contributed by atoms with E-state index in [0.717, 1.165) is 51.4 Å². The molecule has 0 fully saturated rings. The van der Waals surface area contributed by atoms with Crippen LogP contribution in [-0.4, -0.2) is 37.1 Å². The Morgan fingerprint density at radius 3 is 1.07 bits per heavy atom. The Labute approximate surface area is 246 Å². The number of benzene rings is 3. The van der Waals surface area contributed by atoms with Gasteiger partial charge < -0.3 is 18.9 Å². The van der Waals surface area contributed by atoms with E-state index < -0.39 is 23.9 Å². The van der Waals surface area contributed by atoms with E-state index >= 15 is 0 Å². The fourth-order valence-electron chi connectivity index (χ4n) is 3.95. The molecule has 8 heteroatoms. The number of carbonyl (C=O) groups excluding carboxylic acids is 4. The standard InChI is InChI=1S/C34H38O8/c1-3-5-7-9-23-39-31(35)25-15-19-29(20-16-25)41-33(37)27-11-13-28(14-12-27)34(38)42-30-21-17-26(18-22-30)32(36)40-24-10-8-6-4-2/h11-22H,3-10,23-24H2,1-2H3. The van der Waals surface area contributed by atoms with E-state index in [9.17, 15) is 19.2 Å². The summed E-state index contributed by atoms with van der Waals surface area (Å²) in [6.07, 6.45) is 8.15. The lowest BCUT2D eigenvalue weighted by Gasteiger charge is -2.08. The normalized spacial score (nSPS) is 10.5. The molecule has 0 saturated carbocycles. The van der Waals surface area contributed by atoms with Crippen molar-refractivity contribution in [2.75, 3.05) is 13.2 Å². The number of ether oxygens (including phenoxy) is 4. The third-order valence-electron chi connectivity index (χ3n) is 6.42. The van der Waals surface area contributed by atoms with E-state index in [2.05, 4.69) is 13.8 Å². The molecule has 3 rings (SSSR count). The summed E-state index contributed by atoms with van der Waals surface area (Å²) in [6.45, 7) is 4.99. The lowest BCUT2D eigenvalue weighted by molar-refractivity contribution is 0.0488. The molecule has 0 N–H and O–H groups in total. The predicted molar refractivity (Wildman–Crippen MR) is 158 cm³/mol. The average molecular weight is 575 g/mol. The zero-order valence-corrected chi connectivity index (χ0v) is 24.3. The lowest BCUT2D eigenvalue weighted by atomic mass is 10.1. The molecule has 0 aliphatic carbocycles. The van der Waals surface area contributed by atoms with Gasteiger partial charge in [-0.05, 0) is 85.6 Å². The highest BCUT2D eigenvalue weighted by atomic mass is 16.5. The first-order valence-corrected chi connectivity index (χ1v) is 14.5. The molecule has 0 amide bonds. The molecule has 0 aliphatic heterocycles. The average Bonchev–Trinajstić information content (AvgIpc) is 3.01. The lowest BCUT2D eigenvalue weighted by Crippen LogP contribution is -2.12. The maximum absolute atomic E-state index is 12.6. The van der Waals surface area contributed by atoms with Crippen molar-refractivity contribution in [2.45, 2.75) is 65.2 Å².